The topological polar surface area (TPSA) is 52.5 Å². The lowest BCUT2D eigenvalue weighted by molar-refractivity contribution is 0.113. The Morgan fingerprint density at radius 2 is 1.89 bits per heavy atom. The molecule has 4 heteroatoms. The number of aliphatic hydroxyl groups excluding tert-OH is 2. The van der Waals surface area contributed by atoms with E-state index in [9.17, 15) is 5.11 Å². The summed E-state index contributed by atoms with van der Waals surface area (Å²) in [7, 11) is 0. The average molecular weight is 283 g/mol. The van der Waals surface area contributed by atoms with Crippen LogP contribution in [-0.2, 0) is 0 Å². The molecule has 0 radical (unpaired) electrons. The zero-order chi connectivity index (χ0) is 14.1. The van der Waals surface area contributed by atoms with E-state index < -0.39 is 6.10 Å². The van der Waals surface area contributed by atoms with E-state index in [1.54, 1.807) is 11.8 Å². The fraction of sp³-hybridized carbons (Fsp3) is 0.600. The zero-order valence-electron chi connectivity index (χ0n) is 11.8. The number of aliphatic hydroxyl groups is 2. The summed E-state index contributed by atoms with van der Waals surface area (Å²) in [5, 5.41) is 21.7. The van der Waals surface area contributed by atoms with Gasteiger partial charge >= 0.3 is 0 Å². The second-order valence-electron chi connectivity index (χ2n) is 4.79. The van der Waals surface area contributed by atoms with Crippen molar-refractivity contribution in [3.05, 3.63) is 35.4 Å². The Morgan fingerprint density at radius 3 is 2.47 bits per heavy atom. The fourth-order valence-electron chi connectivity index (χ4n) is 1.76. The Kier molecular flexibility index (Phi) is 8.14. The Labute approximate surface area is 120 Å². The third kappa shape index (κ3) is 6.43. The van der Waals surface area contributed by atoms with Crippen molar-refractivity contribution >= 4 is 11.8 Å². The monoisotopic (exact) mass is 283 g/mol. The molecule has 0 bridgehead atoms. The second kappa shape index (κ2) is 9.37. The molecule has 2 atom stereocenters. The molecule has 0 aliphatic rings. The predicted molar refractivity (Wildman–Crippen MR) is 82.6 cm³/mol. The summed E-state index contributed by atoms with van der Waals surface area (Å²) < 4.78 is 0. The molecule has 19 heavy (non-hydrogen) atoms. The minimum atomic E-state index is -0.616. The van der Waals surface area contributed by atoms with Gasteiger partial charge in [0.1, 0.15) is 0 Å². The molecule has 0 fully saturated rings. The van der Waals surface area contributed by atoms with E-state index in [1.165, 1.54) is 11.1 Å². The molecular weight excluding hydrogens is 258 g/mol. The minimum absolute atomic E-state index is 0.162. The molecule has 0 spiro atoms. The predicted octanol–water partition coefficient (Wildman–Crippen LogP) is 2.12. The van der Waals surface area contributed by atoms with Crippen molar-refractivity contribution < 1.29 is 10.2 Å². The number of benzene rings is 1. The van der Waals surface area contributed by atoms with Gasteiger partial charge < -0.3 is 15.5 Å². The van der Waals surface area contributed by atoms with Gasteiger partial charge in [0.2, 0.25) is 0 Å². The highest BCUT2D eigenvalue weighted by molar-refractivity contribution is 7.99. The first-order chi connectivity index (χ1) is 9.17. The van der Waals surface area contributed by atoms with E-state index in [0.29, 0.717) is 11.8 Å². The lowest BCUT2D eigenvalue weighted by atomic mass is 10.1. The van der Waals surface area contributed by atoms with Crippen LogP contribution in [0.15, 0.2) is 24.3 Å². The van der Waals surface area contributed by atoms with Crippen molar-refractivity contribution in [2.24, 2.45) is 0 Å². The molecule has 3 N–H and O–H groups in total. The minimum Gasteiger partial charge on any atom is -0.394 e. The van der Waals surface area contributed by atoms with E-state index in [-0.39, 0.29) is 6.61 Å². The van der Waals surface area contributed by atoms with Crippen molar-refractivity contribution in [3.8, 4) is 0 Å². The van der Waals surface area contributed by atoms with Crippen molar-refractivity contribution in [3.63, 3.8) is 0 Å². The molecule has 0 aliphatic carbocycles. The summed E-state index contributed by atoms with van der Waals surface area (Å²) >= 11 is 1.67. The van der Waals surface area contributed by atoms with Crippen molar-refractivity contribution in [1.82, 2.24) is 5.32 Å². The molecule has 0 heterocycles. The first-order valence-corrected chi connectivity index (χ1v) is 7.99. The Bertz CT molecular complexity index is 343. The van der Waals surface area contributed by atoms with Crippen LogP contribution in [0.25, 0.3) is 0 Å². The lowest BCUT2D eigenvalue weighted by Gasteiger charge is -2.19. The van der Waals surface area contributed by atoms with Gasteiger partial charge in [-0.05, 0) is 25.5 Å². The molecule has 0 saturated heterocycles. The molecule has 0 saturated carbocycles. The molecule has 3 nitrogen and oxygen atoms in total. The van der Waals surface area contributed by atoms with Crippen LogP contribution in [0.3, 0.4) is 0 Å². The average Bonchev–Trinajstić information content (AvgIpc) is 2.43. The first kappa shape index (κ1) is 16.5. The van der Waals surface area contributed by atoms with Gasteiger partial charge in [-0.25, -0.2) is 0 Å². The molecule has 108 valence electrons. The smallest absolute Gasteiger partial charge is 0.0861 e. The molecule has 1 aromatic rings. The zero-order valence-corrected chi connectivity index (χ0v) is 12.6. The number of rotatable bonds is 9. The SMILES string of the molecule is CCCNC(CSCC(O)CO)c1ccc(C)cc1. The van der Waals surface area contributed by atoms with Crippen molar-refractivity contribution in [2.75, 3.05) is 24.7 Å². The van der Waals surface area contributed by atoms with E-state index in [4.69, 9.17) is 5.11 Å². The van der Waals surface area contributed by atoms with Gasteiger partial charge in [-0.1, -0.05) is 36.8 Å². The number of aryl methyl sites for hydroxylation is 1. The number of thioether (sulfide) groups is 1. The molecule has 0 amide bonds. The highest BCUT2D eigenvalue weighted by atomic mass is 32.2. The van der Waals surface area contributed by atoms with Gasteiger partial charge in [0, 0.05) is 17.5 Å². The molecule has 1 rings (SSSR count). The van der Waals surface area contributed by atoms with E-state index >= 15 is 0 Å². The summed E-state index contributed by atoms with van der Waals surface area (Å²) in [5.74, 6) is 1.48. The summed E-state index contributed by atoms with van der Waals surface area (Å²) in [5.41, 5.74) is 2.55. The number of hydrogen-bond acceptors (Lipinski definition) is 4. The normalized spacial score (nSPS) is 14.3. The second-order valence-corrected chi connectivity index (χ2v) is 5.87. The quantitative estimate of drug-likeness (QED) is 0.650. The standard InChI is InChI=1S/C15H25NO2S/c1-3-8-16-15(11-19-10-14(18)9-17)13-6-4-12(2)5-7-13/h4-7,14-18H,3,8-11H2,1-2H3. The molecule has 0 aromatic heterocycles. The van der Waals surface area contributed by atoms with E-state index in [1.807, 2.05) is 0 Å². The molecular formula is C15H25NO2S. The number of nitrogens with one attached hydrogen (secondary N) is 1. The Morgan fingerprint density at radius 1 is 1.21 bits per heavy atom. The van der Waals surface area contributed by atoms with Gasteiger partial charge in [0.15, 0.2) is 0 Å². The summed E-state index contributed by atoms with van der Waals surface area (Å²) in [6.45, 7) is 5.07. The van der Waals surface area contributed by atoms with Crippen LogP contribution < -0.4 is 5.32 Å². The van der Waals surface area contributed by atoms with Crippen LogP contribution >= 0.6 is 11.8 Å². The molecule has 2 unspecified atom stereocenters. The maximum absolute atomic E-state index is 9.36. The first-order valence-electron chi connectivity index (χ1n) is 6.84. The maximum atomic E-state index is 9.36. The highest BCUT2D eigenvalue weighted by Gasteiger charge is 2.11. The van der Waals surface area contributed by atoms with Crippen molar-refractivity contribution in [2.45, 2.75) is 32.4 Å². The van der Waals surface area contributed by atoms with E-state index in [0.717, 1.165) is 18.7 Å². The maximum Gasteiger partial charge on any atom is 0.0861 e. The molecule has 1 aromatic carbocycles. The fourth-order valence-corrected chi connectivity index (χ4v) is 2.82. The van der Waals surface area contributed by atoms with Gasteiger partial charge in [0.25, 0.3) is 0 Å². The van der Waals surface area contributed by atoms with Crippen LogP contribution in [0.2, 0.25) is 0 Å². The number of hydrogen-bond donors (Lipinski definition) is 3. The van der Waals surface area contributed by atoms with E-state index in [2.05, 4.69) is 43.4 Å². The Hall–Kier alpha value is -0.550. The third-order valence-electron chi connectivity index (χ3n) is 2.93. The van der Waals surface area contributed by atoms with Crippen LogP contribution in [0.4, 0.5) is 0 Å². The lowest BCUT2D eigenvalue weighted by Crippen LogP contribution is -2.25. The largest absolute Gasteiger partial charge is 0.394 e. The molecule has 0 aliphatic heterocycles. The van der Waals surface area contributed by atoms with Gasteiger partial charge in [-0.2, -0.15) is 11.8 Å². The van der Waals surface area contributed by atoms with Crippen molar-refractivity contribution in [1.29, 1.82) is 0 Å². The summed E-state index contributed by atoms with van der Waals surface area (Å²) in [4.78, 5) is 0. The summed E-state index contributed by atoms with van der Waals surface area (Å²) in [6.07, 6.45) is 0.488. The summed E-state index contributed by atoms with van der Waals surface area (Å²) in [6, 6.07) is 8.88. The van der Waals surface area contributed by atoms with Gasteiger partial charge in [-0.3, -0.25) is 0 Å². The third-order valence-corrected chi connectivity index (χ3v) is 4.12. The van der Waals surface area contributed by atoms with Gasteiger partial charge in [-0.15, -0.1) is 0 Å². The van der Waals surface area contributed by atoms with Crippen LogP contribution in [0.5, 0.6) is 0 Å². The van der Waals surface area contributed by atoms with Crippen LogP contribution in [0.1, 0.15) is 30.5 Å². The van der Waals surface area contributed by atoms with Crippen LogP contribution in [-0.4, -0.2) is 41.0 Å². The van der Waals surface area contributed by atoms with Gasteiger partial charge in [0.05, 0.1) is 12.7 Å². The Balaban J connectivity index is 2.53. The van der Waals surface area contributed by atoms with Crippen LogP contribution in [0, 0.1) is 6.92 Å². The highest BCUT2D eigenvalue weighted by Crippen LogP contribution is 2.19.